The number of amides is 1. The second-order valence-corrected chi connectivity index (χ2v) is 7.54. The van der Waals surface area contributed by atoms with Crippen LogP contribution in [0, 0.1) is 0 Å². The fraction of sp³-hybridized carbons (Fsp3) is 0.0952. The van der Waals surface area contributed by atoms with Gasteiger partial charge >= 0.3 is 10.1 Å². The summed E-state index contributed by atoms with van der Waals surface area (Å²) in [4.78, 5) is 12.1. The fourth-order valence-corrected chi connectivity index (χ4v) is 3.13. The van der Waals surface area contributed by atoms with Crippen LogP contribution in [0.15, 0.2) is 84.9 Å². The van der Waals surface area contributed by atoms with Crippen LogP contribution in [-0.2, 0) is 10.1 Å². The molecule has 0 aliphatic carbocycles. The monoisotopic (exact) mass is 397 g/mol. The van der Waals surface area contributed by atoms with Crippen LogP contribution in [0.5, 0.6) is 11.5 Å². The molecular weight excluding hydrogens is 378 g/mol. The predicted octanol–water partition coefficient (Wildman–Crippen LogP) is 3.73. The fourth-order valence-electron chi connectivity index (χ4n) is 2.35. The maximum Gasteiger partial charge on any atom is 0.312 e. The zero-order chi connectivity index (χ0) is 19.8. The summed E-state index contributed by atoms with van der Waals surface area (Å²) in [5, 5.41) is 2.78. The number of anilines is 1. The maximum absolute atomic E-state index is 12.1. The van der Waals surface area contributed by atoms with Gasteiger partial charge in [-0.15, -0.1) is 0 Å². The minimum atomic E-state index is -3.74. The van der Waals surface area contributed by atoms with Crippen LogP contribution < -0.4 is 14.2 Å². The normalized spacial score (nSPS) is 10.9. The van der Waals surface area contributed by atoms with Crippen LogP contribution in [-0.4, -0.2) is 26.7 Å². The van der Waals surface area contributed by atoms with E-state index < -0.39 is 10.1 Å². The van der Waals surface area contributed by atoms with Crippen molar-refractivity contribution in [3.05, 3.63) is 90.5 Å². The smallest absolute Gasteiger partial charge is 0.312 e. The average molecular weight is 397 g/mol. The van der Waals surface area contributed by atoms with Crippen LogP contribution in [0.25, 0.3) is 0 Å². The van der Waals surface area contributed by atoms with E-state index in [1.807, 2.05) is 6.07 Å². The molecule has 0 heterocycles. The Morgan fingerprint density at radius 3 is 2.04 bits per heavy atom. The predicted molar refractivity (Wildman–Crippen MR) is 107 cm³/mol. The van der Waals surface area contributed by atoms with Crippen molar-refractivity contribution in [1.82, 2.24) is 0 Å². The molecule has 3 rings (SSSR count). The highest BCUT2D eigenvalue weighted by atomic mass is 32.2. The van der Waals surface area contributed by atoms with Crippen molar-refractivity contribution in [2.24, 2.45) is 0 Å². The second kappa shape index (κ2) is 9.05. The molecule has 0 radical (unpaired) electrons. The Morgan fingerprint density at radius 1 is 0.786 bits per heavy atom. The zero-order valence-electron chi connectivity index (χ0n) is 14.9. The van der Waals surface area contributed by atoms with Gasteiger partial charge in [0.15, 0.2) is 0 Å². The molecule has 3 aromatic rings. The van der Waals surface area contributed by atoms with E-state index in [4.69, 9.17) is 8.92 Å². The molecule has 6 nitrogen and oxygen atoms in total. The first-order valence-corrected chi connectivity index (χ1v) is 10.2. The largest absolute Gasteiger partial charge is 0.492 e. The van der Waals surface area contributed by atoms with Gasteiger partial charge in [0.25, 0.3) is 5.91 Å². The van der Waals surface area contributed by atoms with E-state index in [0.29, 0.717) is 17.0 Å². The van der Waals surface area contributed by atoms with Crippen molar-refractivity contribution in [2.45, 2.75) is 0 Å². The quantitative estimate of drug-likeness (QED) is 0.586. The highest BCUT2D eigenvalue weighted by Crippen LogP contribution is 2.17. The van der Waals surface area contributed by atoms with Crippen LogP contribution in [0.2, 0.25) is 0 Å². The Morgan fingerprint density at radius 2 is 1.39 bits per heavy atom. The summed E-state index contributed by atoms with van der Waals surface area (Å²) in [7, 11) is -3.74. The van der Waals surface area contributed by atoms with E-state index in [1.165, 1.54) is 0 Å². The van der Waals surface area contributed by atoms with Gasteiger partial charge in [-0.25, -0.2) is 0 Å². The molecule has 144 valence electrons. The lowest BCUT2D eigenvalue weighted by Crippen LogP contribution is -2.19. The summed E-state index contributed by atoms with van der Waals surface area (Å²) < 4.78 is 34.3. The van der Waals surface area contributed by atoms with E-state index in [1.54, 1.807) is 78.9 Å². The first kappa shape index (κ1) is 19.4. The third kappa shape index (κ3) is 5.85. The van der Waals surface area contributed by atoms with Gasteiger partial charge in [-0.05, 0) is 48.5 Å². The zero-order valence-corrected chi connectivity index (χ0v) is 15.8. The molecule has 0 saturated heterocycles. The number of carbonyl (C=O) groups is 1. The Hall–Kier alpha value is -3.32. The summed E-state index contributed by atoms with van der Waals surface area (Å²) in [5.41, 5.74) is 1.17. The lowest BCUT2D eigenvalue weighted by atomic mass is 10.2. The Bertz CT molecular complexity index is 1000. The summed E-state index contributed by atoms with van der Waals surface area (Å²) in [6.45, 7) is -0.0507. The Kier molecular flexibility index (Phi) is 6.29. The van der Waals surface area contributed by atoms with Crippen molar-refractivity contribution in [3.63, 3.8) is 0 Å². The highest BCUT2D eigenvalue weighted by Gasteiger charge is 2.13. The number of rotatable bonds is 8. The molecule has 0 fully saturated rings. The van der Waals surface area contributed by atoms with Crippen LogP contribution in [0.3, 0.4) is 0 Å². The van der Waals surface area contributed by atoms with Crippen molar-refractivity contribution >= 4 is 21.7 Å². The standard InChI is InChI=1S/C21H19NO5S/c23-21(17-7-3-1-4-8-17)22-18-11-13-19(14-12-18)26-15-16-28(24,25)27-20-9-5-2-6-10-20/h1-14H,15-16H2,(H,22,23). The first-order valence-electron chi connectivity index (χ1n) is 8.58. The van der Waals surface area contributed by atoms with Crippen LogP contribution in [0.4, 0.5) is 5.69 Å². The van der Waals surface area contributed by atoms with Crippen LogP contribution in [0.1, 0.15) is 10.4 Å². The summed E-state index contributed by atoms with van der Waals surface area (Å²) in [6.07, 6.45) is 0. The Balaban J connectivity index is 1.48. The number of ether oxygens (including phenoxy) is 1. The van der Waals surface area contributed by atoms with Gasteiger partial charge in [0.1, 0.15) is 23.9 Å². The van der Waals surface area contributed by atoms with E-state index >= 15 is 0 Å². The highest BCUT2D eigenvalue weighted by molar-refractivity contribution is 7.87. The van der Waals surface area contributed by atoms with Crippen molar-refractivity contribution in [2.75, 3.05) is 17.7 Å². The van der Waals surface area contributed by atoms with Gasteiger partial charge in [0.05, 0.1) is 0 Å². The third-order valence-corrected chi connectivity index (χ3v) is 4.83. The number of hydrogen-bond donors (Lipinski definition) is 1. The molecular formula is C21H19NO5S. The molecule has 0 aromatic heterocycles. The van der Waals surface area contributed by atoms with E-state index in [0.717, 1.165) is 0 Å². The van der Waals surface area contributed by atoms with Crippen LogP contribution >= 0.6 is 0 Å². The van der Waals surface area contributed by atoms with Gasteiger partial charge in [-0.1, -0.05) is 36.4 Å². The van der Waals surface area contributed by atoms with Gasteiger partial charge in [0, 0.05) is 11.3 Å². The minimum Gasteiger partial charge on any atom is -0.492 e. The number of para-hydroxylation sites is 1. The average Bonchev–Trinajstić information content (AvgIpc) is 2.70. The molecule has 28 heavy (non-hydrogen) atoms. The second-order valence-electron chi connectivity index (χ2n) is 5.85. The molecule has 3 aromatic carbocycles. The molecule has 1 amide bonds. The van der Waals surface area contributed by atoms with E-state index in [9.17, 15) is 13.2 Å². The molecule has 0 saturated carbocycles. The molecule has 0 aliphatic heterocycles. The molecule has 0 atom stereocenters. The summed E-state index contributed by atoms with van der Waals surface area (Å²) >= 11 is 0. The third-order valence-electron chi connectivity index (χ3n) is 3.72. The number of hydrogen-bond acceptors (Lipinski definition) is 5. The molecule has 0 aliphatic rings. The van der Waals surface area contributed by atoms with Gasteiger partial charge in [0.2, 0.25) is 0 Å². The van der Waals surface area contributed by atoms with E-state index in [2.05, 4.69) is 5.32 Å². The number of carbonyl (C=O) groups excluding carboxylic acids is 1. The summed E-state index contributed by atoms with van der Waals surface area (Å²) in [6, 6.07) is 23.9. The van der Waals surface area contributed by atoms with Gasteiger partial charge in [-0.2, -0.15) is 8.42 Å². The molecule has 7 heteroatoms. The van der Waals surface area contributed by atoms with Crippen molar-refractivity contribution in [1.29, 1.82) is 0 Å². The minimum absolute atomic E-state index is 0.0507. The molecule has 0 bridgehead atoms. The van der Waals surface area contributed by atoms with Gasteiger partial charge in [-0.3, -0.25) is 4.79 Å². The molecule has 1 N–H and O–H groups in total. The lowest BCUT2D eigenvalue weighted by molar-refractivity contribution is 0.102. The first-order chi connectivity index (χ1) is 13.5. The maximum atomic E-state index is 12.1. The van der Waals surface area contributed by atoms with Gasteiger partial charge < -0.3 is 14.2 Å². The number of benzene rings is 3. The Labute approximate surface area is 163 Å². The number of nitrogens with one attached hydrogen (secondary N) is 1. The SMILES string of the molecule is O=C(Nc1ccc(OCCS(=O)(=O)Oc2ccccc2)cc1)c1ccccc1. The van der Waals surface area contributed by atoms with E-state index in [-0.39, 0.29) is 24.0 Å². The molecule has 0 unspecified atom stereocenters. The topological polar surface area (TPSA) is 81.7 Å². The molecule has 0 spiro atoms. The summed E-state index contributed by atoms with van der Waals surface area (Å²) in [5.74, 6) is 0.265. The lowest BCUT2D eigenvalue weighted by Gasteiger charge is -2.09. The van der Waals surface area contributed by atoms with Crippen molar-refractivity contribution < 1.29 is 22.1 Å². The van der Waals surface area contributed by atoms with Crippen molar-refractivity contribution in [3.8, 4) is 11.5 Å².